The second-order valence-electron chi connectivity index (χ2n) is 19.6. The Labute approximate surface area is 402 Å². The van der Waals surface area contributed by atoms with Crippen molar-refractivity contribution in [3.8, 4) is 22.5 Å². The van der Waals surface area contributed by atoms with Crippen molar-refractivity contribution in [1.29, 1.82) is 0 Å². The summed E-state index contributed by atoms with van der Waals surface area (Å²) >= 11 is 1.36. The summed E-state index contributed by atoms with van der Waals surface area (Å²) in [6.45, 7) is 17.5. The molecule has 3 aromatic heterocycles. The molecule has 366 valence electrons. The minimum Gasteiger partial charge on any atom is -0.462 e. The lowest BCUT2D eigenvalue weighted by Gasteiger charge is -2.40. The van der Waals surface area contributed by atoms with Crippen molar-refractivity contribution in [2.45, 2.75) is 104 Å². The number of ether oxygens (including phenoxy) is 2. The van der Waals surface area contributed by atoms with Crippen molar-refractivity contribution >= 4 is 52.0 Å². The molecule has 6 bridgehead atoms. The molecule has 0 unspecified atom stereocenters. The third-order valence-electron chi connectivity index (χ3n) is 13.5. The van der Waals surface area contributed by atoms with E-state index in [9.17, 15) is 29.1 Å². The minimum atomic E-state index is -2.23. The van der Waals surface area contributed by atoms with E-state index in [0.717, 1.165) is 39.0 Å². The molecular formula is C50H67N9O8S. The summed E-state index contributed by atoms with van der Waals surface area (Å²) < 4.78 is 14.0. The number of rotatable bonds is 11. The van der Waals surface area contributed by atoms with Crippen LogP contribution in [0.3, 0.4) is 0 Å². The van der Waals surface area contributed by atoms with Crippen molar-refractivity contribution < 1.29 is 38.6 Å². The zero-order valence-corrected chi connectivity index (χ0v) is 41.7. The molecule has 0 radical (unpaired) electrons. The average molecular weight is 954 g/mol. The standard InChI is InChI=1S/C50H67N9O8S/c1-11-41(60)55(8)26-32-18-22-57(27-32)48(64)56(9)43(30(3)4)45(61)53-37-24-40-52-38(28-68-40)33-16-17-39-35(23-33)36(44(58(39)12-2)34-15-13-20-51-42(34)31(5)66-10)25-49(6,7)29-67-47(63)50(65)19-14-21-59(54-50)46(37)62/h11,13,15-17,20,23,28,30-32,37,43,54,65H,1,12,14,18-19,21-22,24-27,29H2,2-10H3,(H,53,61)/t31-,32-,37-,43-,50-/m0/s1. The highest BCUT2D eigenvalue weighted by molar-refractivity contribution is 7.10. The first-order chi connectivity index (χ1) is 32.3. The first-order valence-electron chi connectivity index (χ1n) is 23.6. The maximum atomic E-state index is 14.7. The normalized spacial score (nSPS) is 21.8. The predicted octanol–water partition coefficient (Wildman–Crippen LogP) is 5.57. The van der Waals surface area contributed by atoms with Crippen LogP contribution >= 0.6 is 11.3 Å². The quantitative estimate of drug-likeness (QED) is 0.126. The maximum Gasteiger partial charge on any atom is 0.355 e. The summed E-state index contributed by atoms with van der Waals surface area (Å²) in [7, 11) is 4.95. The minimum absolute atomic E-state index is 0.0109. The number of methoxy groups -OCH3 is 1. The number of esters is 1. The number of aliphatic hydroxyl groups is 1. The van der Waals surface area contributed by atoms with Crippen LogP contribution in [0.5, 0.6) is 0 Å². The van der Waals surface area contributed by atoms with Gasteiger partial charge in [0, 0.05) is 106 Å². The fourth-order valence-electron chi connectivity index (χ4n) is 9.92. The largest absolute Gasteiger partial charge is 0.462 e. The second kappa shape index (κ2) is 20.5. The summed E-state index contributed by atoms with van der Waals surface area (Å²) in [6, 6.07) is 7.74. The third-order valence-corrected chi connectivity index (χ3v) is 14.4. The predicted molar refractivity (Wildman–Crippen MR) is 260 cm³/mol. The van der Waals surface area contributed by atoms with Crippen molar-refractivity contribution in [1.82, 2.24) is 45.0 Å². The molecule has 2 saturated heterocycles. The smallest absolute Gasteiger partial charge is 0.355 e. The number of hydrogen-bond donors (Lipinski definition) is 3. The van der Waals surface area contributed by atoms with Crippen molar-refractivity contribution in [3.05, 3.63) is 70.8 Å². The zero-order valence-electron chi connectivity index (χ0n) is 40.8. The number of nitrogens with zero attached hydrogens (tertiary/aromatic N) is 7. The van der Waals surface area contributed by atoms with Gasteiger partial charge < -0.3 is 39.2 Å². The van der Waals surface area contributed by atoms with Gasteiger partial charge in [0.25, 0.3) is 5.91 Å². The summed E-state index contributed by atoms with van der Waals surface area (Å²) in [5.41, 5.74) is 6.23. The number of thiazole rings is 1. The monoisotopic (exact) mass is 953 g/mol. The molecule has 1 aromatic carbocycles. The van der Waals surface area contributed by atoms with Crippen LogP contribution in [0.25, 0.3) is 33.4 Å². The number of likely N-dealkylation sites (N-methyl/N-ethyl adjacent to an activating group) is 2. The molecule has 18 heteroatoms. The van der Waals surface area contributed by atoms with Crippen LogP contribution in [0.1, 0.15) is 83.2 Å². The summed E-state index contributed by atoms with van der Waals surface area (Å²) in [4.78, 5) is 83.9. The Morgan fingerprint density at radius 1 is 1.16 bits per heavy atom. The highest BCUT2D eigenvalue weighted by atomic mass is 32.1. The number of pyridine rings is 1. The van der Waals surface area contributed by atoms with E-state index in [2.05, 4.69) is 47.0 Å². The Morgan fingerprint density at radius 3 is 2.63 bits per heavy atom. The van der Waals surface area contributed by atoms with Crippen LogP contribution in [0.4, 0.5) is 4.79 Å². The Hall–Kier alpha value is -5.69. The number of aryl methyl sites for hydroxylation is 1. The zero-order chi connectivity index (χ0) is 49.2. The SMILES string of the molecule is C=CC(=O)N(C)C[C@@H]1CCN(C(=O)N(C)[C@H](C(=O)N[C@H]2Cc3nc(cs3)-c3ccc4c(c3)c(c(-c3cccnc3[C@H](C)OC)n4CC)CC(C)(C)COC(=O)[C@@]3(O)CCCN(N3)C2=O)C(C)C)C1. The average Bonchev–Trinajstić information content (AvgIpc) is 4.06. The number of urea groups is 1. The lowest BCUT2D eigenvalue weighted by Crippen LogP contribution is -2.67. The lowest BCUT2D eigenvalue weighted by atomic mass is 9.84. The first kappa shape index (κ1) is 50.2. The van der Waals surface area contributed by atoms with Crippen LogP contribution < -0.4 is 10.7 Å². The number of hydrazine groups is 1. The number of amides is 5. The van der Waals surface area contributed by atoms with Gasteiger partial charge >= 0.3 is 12.0 Å². The molecule has 4 aromatic rings. The van der Waals surface area contributed by atoms with Gasteiger partial charge in [0.2, 0.25) is 17.5 Å². The van der Waals surface area contributed by atoms with E-state index in [0.29, 0.717) is 49.7 Å². The van der Waals surface area contributed by atoms with Gasteiger partial charge in [-0.05, 0) is 80.9 Å². The van der Waals surface area contributed by atoms with E-state index in [1.54, 1.807) is 37.2 Å². The number of benzene rings is 1. The van der Waals surface area contributed by atoms with Gasteiger partial charge in [-0.2, -0.15) is 5.43 Å². The fourth-order valence-corrected chi connectivity index (χ4v) is 10.8. The Balaban J connectivity index is 1.25. The number of likely N-dealkylation sites (tertiary alicyclic amines) is 1. The number of carbonyl (C=O) groups excluding carboxylic acids is 5. The van der Waals surface area contributed by atoms with E-state index in [1.165, 1.54) is 27.3 Å². The highest BCUT2D eigenvalue weighted by Crippen LogP contribution is 2.42. The topological polar surface area (TPSA) is 192 Å². The molecule has 2 fully saturated rings. The molecule has 5 amide bonds. The van der Waals surface area contributed by atoms with Crippen molar-refractivity contribution in [2.75, 3.05) is 54.0 Å². The van der Waals surface area contributed by atoms with Crippen LogP contribution in [0.15, 0.2) is 54.6 Å². The molecule has 68 heavy (non-hydrogen) atoms. The molecule has 0 spiro atoms. The molecule has 6 heterocycles. The number of fused-ring (bicyclic) bond motifs is 6. The summed E-state index contributed by atoms with van der Waals surface area (Å²) in [5.74, 6) is -2.53. The van der Waals surface area contributed by atoms with E-state index >= 15 is 0 Å². The fraction of sp³-hybridized carbons (Fsp3) is 0.540. The number of carbonyl (C=O) groups is 5. The molecule has 7 rings (SSSR count). The van der Waals surface area contributed by atoms with Gasteiger partial charge in [-0.1, -0.05) is 40.3 Å². The summed E-state index contributed by atoms with van der Waals surface area (Å²) in [6.07, 6.45) is 4.17. The second-order valence-corrected chi connectivity index (χ2v) is 20.5. The number of aromatic nitrogens is 3. The third kappa shape index (κ3) is 10.3. The van der Waals surface area contributed by atoms with Gasteiger partial charge in [0.05, 0.1) is 34.8 Å². The molecule has 3 N–H and O–H groups in total. The van der Waals surface area contributed by atoms with E-state index in [4.69, 9.17) is 19.4 Å². The lowest BCUT2D eigenvalue weighted by molar-refractivity contribution is -0.189. The highest BCUT2D eigenvalue weighted by Gasteiger charge is 2.46. The van der Waals surface area contributed by atoms with Crippen LogP contribution in [-0.4, -0.2) is 141 Å². The van der Waals surface area contributed by atoms with Crippen LogP contribution in [-0.2, 0) is 48.0 Å². The molecule has 17 nitrogen and oxygen atoms in total. The van der Waals surface area contributed by atoms with Gasteiger partial charge in [-0.25, -0.2) is 14.6 Å². The van der Waals surface area contributed by atoms with Gasteiger partial charge in [-0.3, -0.25) is 24.4 Å². The van der Waals surface area contributed by atoms with Crippen LogP contribution in [0.2, 0.25) is 0 Å². The summed E-state index contributed by atoms with van der Waals surface area (Å²) in [5, 5.41) is 19.5. The molecule has 0 saturated carbocycles. The Bertz CT molecular complexity index is 2560. The Morgan fingerprint density at radius 2 is 1.93 bits per heavy atom. The number of cyclic esters (lactones) is 1. The molecule has 0 aliphatic carbocycles. The molecule has 5 atom stereocenters. The van der Waals surface area contributed by atoms with E-state index in [-0.39, 0.29) is 62.3 Å². The van der Waals surface area contributed by atoms with Crippen molar-refractivity contribution in [3.63, 3.8) is 0 Å². The van der Waals surface area contributed by atoms with Crippen LogP contribution in [0, 0.1) is 17.3 Å². The Kier molecular flexibility index (Phi) is 15.1. The van der Waals surface area contributed by atoms with Gasteiger partial charge in [-0.15, -0.1) is 11.3 Å². The van der Waals surface area contributed by atoms with Gasteiger partial charge in [0.1, 0.15) is 12.1 Å². The molecule has 3 aliphatic rings. The molecule has 3 aliphatic heterocycles. The van der Waals surface area contributed by atoms with Gasteiger partial charge in [0.15, 0.2) is 0 Å². The molecular weight excluding hydrogens is 887 g/mol. The number of hydrogen-bond acceptors (Lipinski definition) is 12. The number of nitrogens with one attached hydrogen (secondary N) is 2. The first-order valence-corrected chi connectivity index (χ1v) is 24.4. The van der Waals surface area contributed by atoms with E-state index in [1.807, 2.05) is 52.1 Å². The van der Waals surface area contributed by atoms with Crippen molar-refractivity contribution in [2.24, 2.45) is 17.3 Å². The van der Waals surface area contributed by atoms with E-state index < -0.39 is 41.0 Å². The maximum absolute atomic E-state index is 14.7.